The number of nitrogens with one attached hydrogen (secondary N) is 1. The fourth-order valence-electron chi connectivity index (χ4n) is 1.95. The van der Waals surface area contributed by atoms with E-state index in [0.717, 1.165) is 13.0 Å². The zero-order valence-electron chi connectivity index (χ0n) is 8.63. The maximum atomic E-state index is 11.2. The third kappa shape index (κ3) is 2.69. The highest BCUT2D eigenvalue weighted by molar-refractivity contribution is 5.81. The molecule has 76 valence electrons. The lowest BCUT2D eigenvalue weighted by atomic mass is 9.80. The van der Waals surface area contributed by atoms with Gasteiger partial charge in [-0.05, 0) is 17.8 Å². The van der Waals surface area contributed by atoms with Crippen molar-refractivity contribution < 1.29 is 9.90 Å². The highest BCUT2D eigenvalue weighted by Gasteiger charge is 2.35. The highest BCUT2D eigenvalue weighted by atomic mass is 16.3. The molecule has 0 aromatic rings. The average Bonchev–Trinajstić information content (AvgIpc) is 2.28. The Morgan fingerprint density at radius 3 is 2.62 bits per heavy atom. The first kappa shape index (κ1) is 10.5. The van der Waals surface area contributed by atoms with E-state index < -0.39 is 0 Å². The lowest BCUT2D eigenvalue weighted by molar-refractivity contribution is -0.124. The third-order valence-corrected chi connectivity index (χ3v) is 2.52. The quantitative estimate of drug-likeness (QED) is 0.668. The van der Waals surface area contributed by atoms with Gasteiger partial charge in [-0.1, -0.05) is 20.8 Å². The van der Waals surface area contributed by atoms with E-state index in [9.17, 15) is 4.79 Å². The van der Waals surface area contributed by atoms with Crippen LogP contribution in [0.2, 0.25) is 0 Å². The number of hydrogen-bond donors (Lipinski definition) is 2. The second-order valence-electron chi connectivity index (χ2n) is 5.06. The van der Waals surface area contributed by atoms with E-state index in [1.807, 2.05) is 0 Å². The largest absolute Gasteiger partial charge is 0.396 e. The molecule has 1 aliphatic rings. The molecule has 3 heteroatoms. The molecule has 2 N–H and O–H groups in total. The zero-order chi connectivity index (χ0) is 10.1. The predicted octanol–water partition coefficient (Wildman–Crippen LogP) is 0.777. The second kappa shape index (κ2) is 3.66. The van der Waals surface area contributed by atoms with Crippen molar-refractivity contribution in [3.05, 3.63) is 0 Å². The van der Waals surface area contributed by atoms with Crippen LogP contribution in [0.4, 0.5) is 0 Å². The van der Waals surface area contributed by atoms with Crippen LogP contribution in [-0.4, -0.2) is 24.2 Å². The van der Waals surface area contributed by atoms with Crippen LogP contribution in [-0.2, 0) is 4.79 Å². The van der Waals surface area contributed by atoms with E-state index >= 15 is 0 Å². The number of amides is 1. The molecule has 2 atom stereocenters. The van der Waals surface area contributed by atoms with Crippen molar-refractivity contribution in [3.8, 4) is 0 Å². The monoisotopic (exact) mass is 185 g/mol. The topological polar surface area (TPSA) is 49.3 Å². The summed E-state index contributed by atoms with van der Waals surface area (Å²) in [5.41, 5.74) is 0.227. The van der Waals surface area contributed by atoms with Crippen molar-refractivity contribution in [1.29, 1.82) is 0 Å². The molecule has 0 spiro atoms. The van der Waals surface area contributed by atoms with Gasteiger partial charge in [-0.2, -0.15) is 0 Å². The molecule has 1 aliphatic heterocycles. The molecule has 0 bridgehead atoms. The lowest BCUT2D eigenvalue weighted by Gasteiger charge is -2.24. The summed E-state index contributed by atoms with van der Waals surface area (Å²) in [5, 5.41) is 11.8. The molecule has 0 aromatic heterocycles. The van der Waals surface area contributed by atoms with Crippen molar-refractivity contribution in [2.24, 2.45) is 17.3 Å². The number of carbonyl (C=O) groups excluding carboxylic acids is 1. The Labute approximate surface area is 79.5 Å². The van der Waals surface area contributed by atoms with Gasteiger partial charge in [0.2, 0.25) is 5.91 Å². The van der Waals surface area contributed by atoms with Crippen LogP contribution >= 0.6 is 0 Å². The molecule has 13 heavy (non-hydrogen) atoms. The summed E-state index contributed by atoms with van der Waals surface area (Å²) in [6.45, 7) is 7.17. The predicted molar refractivity (Wildman–Crippen MR) is 51.1 cm³/mol. The Bertz CT molecular complexity index is 196. The number of hydrogen-bond acceptors (Lipinski definition) is 2. The van der Waals surface area contributed by atoms with E-state index in [4.69, 9.17) is 5.11 Å². The van der Waals surface area contributed by atoms with Crippen LogP contribution in [0.5, 0.6) is 0 Å². The van der Waals surface area contributed by atoms with Crippen LogP contribution in [0, 0.1) is 17.3 Å². The van der Waals surface area contributed by atoms with Gasteiger partial charge < -0.3 is 10.4 Å². The minimum Gasteiger partial charge on any atom is -0.396 e. The molecule has 2 unspecified atom stereocenters. The molecule has 1 rings (SSSR count). The third-order valence-electron chi connectivity index (χ3n) is 2.52. The van der Waals surface area contributed by atoms with Crippen LogP contribution < -0.4 is 5.32 Å². The Morgan fingerprint density at radius 2 is 2.15 bits per heavy atom. The van der Waals surface area contributed by atoms with Crippen molar-refractivity contribution in [3.63, 3.8) is 0 Å². The van der Waals surface area contributed by atoms with Gasteiger partial charge in [0.05, 0.1) is 12.5 Å². The molecular formula is C10H19NO2. The Kier molecular flexibility index (Phi) is 2.96. The zero-order valence-corrected chi connectivity index (χ0v) is 8.63. The Morgan fingerprint density at radius 1 is 1.54 bits per heavy atom. The first-order chi connectivity index (χ1) is 5.94. The van der Waals surface area contributed by atoms with Gasteiger partial charge in [0.15, 0.2) is 0 Å². The van der Waals surface area contributed by atoms with Crippen molar-refractivity contribution in [1.82, 2.24) is 5.32 Å². The second-order valence-corrected chi connectivity index (χ2v) is 5.06. The van der Waals surface area contributed by atoms with E-state index in [1.165, 1.54) is 0 Å². The Balaban J connectivity index is 2.56. The molecule has 0 aromatic carbocycles. The SMILES string of the molecule is CC(C)(C)CC1CNC(=O)C1CO. The van der Waals surface area contributed by atoms with Gasteiger partial charge >= 0.3 is 0 Å². The fourth-order valence-corrected chi connectivity index (χ4v) is 1.95. The lowest BCUT2D eigenvalue weighted by Crippen LogP contribution is -2.24. The maximum Gasteiger partial charge on any atom is 0.225 e. The average molecular weight is 185 g/mol. The van der Waals surface area contributed by atoms with Crippen molar-refractivity contribution in [2.45, 2.75) is 27.2 Å². The minimum atomic E-state index is -0.181. The number of aliphatic hydroxyl groups is 1. The van der Waals surface area contributed by atoms with Crippen molar-refractivity contribution in [2.75, 3.05) is 13.2 Å². The van der Waals surface area contributed by atoms with E-state index in [1.54, 1.807) is 0 Å². The van der Waals surface area contributed by atoms with Gasteiger partial charge in [0, 0.05) is 6.54 Å². The molecular weight excluding hydrogens is 166 g/mol. The normalized spacial score (nSPS) is 29.1. The minimum absolute atomic E-state index is 0.0109. The standard InChI is InChI=1S/C10H19NO2/c1-10(2,3)4-7-5-11-9(13)8(7)6-12/h7-8,12H,4-6H2,1-3H3,(H,11,13). The van der Waals surface area contributed by atoms with E-state index in [2.05, 4.69) is 26.1 Å². The van der Waals surface area contributed by atoms with Crippen LogP contribution in [0.15, 0.2) is 0 Å². The van der Waals surface area contributed by atoms with E-state index in [-0.39, 0.29) is 23.8 Å². The highest BCUT2D eigenvalue weighted by Crippen LogP contribution is 2.31. The molecule has 1 saturated heterocycles. The van der Waals surface area contributed by atoms with Crippen LogP contribution in [0.1, 0.15) is 27.2 Å². The molecule has 1 fully saturated rings. The van der Waals surface area contributed by atoms with Gasteiger partial charge in [-0.15, -0.1) is 0 Å². The first-order valence-corrected chi connectivity index (χ1v) is 4.82. The summed E-state index contributed by atoms with van der Waals surface area (Å²) in [7, 11) is 0. The van der Waals surface area contributed by atoms with Crippen LogP contribution in [0.3, 0.4) is 0 Å². The molecule has 1 amide bonds. The van der Waals surface area contributed by atoms with Crippen LogP contribution in [0.25, 0.3) is 0 Å². The first-order valence-electron chi connectivity index (χ1n) is 4.82. The summed E-state index contributed by atoms with van der Waals surface area (Å²) >= 11 is 0. The summed E-state index contributed by atoms with van der Waals surface area (Å²) in [6.07, 6.45) is 0.983. The molecule has 0 aliphatic carbocycles. The number of carbonyl (C=O) groups is 1. The number of rotatable bonds is 2. The molecule has 0 saturated carbocycles. The fraction of sp³-hybridized carbons (Fsp3) is 0.900. The van der Waals surface area contributed by atoms with Gasteiger partial charge in [0.25, 0.3) is 0 Å². The molecule has 1 heterocycles. The summed E-state index contributed by atoms with van der Waals surface area (Å²) in [5.74, 6) is 0.133. The smallest absolute Gasteiger partial charge is 0.225 e. The molecule has 3 nitrogen and oxygen atoms in total. The summed E-state index contributed by atoms with van der Waals surface area (Å²) in [4.78, 5) is 11.2. The Hall–Kier alpha value is -0.570. The van der Waals surface area contributed by atoms with Crippen molar-refractivity contribution >= 4 is 5.91 Å². The van der Waals surface area contributed by atoms with Gasteiger partial charge in [-0.25, -0.2) is 0 Å². The maximum absolute atomic E-state index is 11.2. The molecule has 0 radical (unpaired) electrons. The summed E-state index contributed by atoms with van der Waals surface area (Å²) in [6, 6.07) is 0. The number of aliphatic hydroxyl groups excluding tert-OH is 1. The van der Waals surface area contributed by atoms with Gasteiger partial charge in [0.1, 0.15) is 0 Å². The summed E-state index contributed by atoms with van der Waals surface area (Å²) < 4.78 is 0. The van der Waals surface area contributed by atoms with Gasteiger partial charge in [-0.3, -0.25) is 4.79 Å². The van der Waals surface area contributed by atoms with E-state index in [0.29, 0.717) is 5.92 Å².